The Bertz CT molecular complexity index is 550. The van der Waals surface area contributed by atoms with Crippen LogP contribution in [0, 0.1) is 0 Å². The van der Waals surface area contributed by atoms with Gasteiger partial charge in [-0.1, -0.05) is 43.3 Å². The predicted octanol–water partition coefficient (Wildman–Crippen LogP) is 3.03. The van der Waals surface area contributed by atoms with Gasteiger partial charge in [0, 0.05) is 30.7 Å². The molecule has 1 atom stereocenters. The van der Waals surface area contributed by atoms with Crippen LogP contribution in [-0.4, -0.2) is 37.4 Å². The Balaban J connectivity index is 2.12. The summed E-state index contributed by atoms with van der Waals surface area (Å²) in [5, 5.41) is 16.0. The number of likely N-dealkylation sites (N-methyl/N-ethyl adjacent to an activating group) is 1. The van der Waals surface area contributed by atoms with Crippen molar-refractivity contribution in [2.45, 2.75) is 26.4 Å². The van der Waals surface area contributed by atoms with Crippen molar-refractivity contribution in [3.63, 3.8) is 0 Å². The average molecular weight is 286 g/mol. The van der Waals surface area contributed by atoms with Gasteiger partial charge in [-0.15, -0.1) is 0 Å². The summed E-state index contributed by atoms with van der Waals surface area (Å²) in [6.45, 7) is 7.41. The van der Waals surface area contributed by atoms with Gasteiger partial charge in [0.2, 0.25) is 0 Å². The van der Waals surface area contributed by atoms with Gasteiger partial charge in [-0.2, -0.15) is 0 Å². The van der Waals surface area contributed by atoms with Crippen molar-refractivity contribution < 1.29 is 5.11 Å². The minimum absolute atomic E-state index is 0.351. The van der Waals surface area contributed by atoms with Crippen molar-refractivity contribution in [3.8, 4) is 0 Å². The minimum Gasteiger partial charge on any atom is -0.390 e. The Hall–Kier alpha value is -1.58. The first-order valence-electron chi connectivity index (χ1n) is 7.87. The molecule has 0 aromatic heterocycles. The molecule has 0 aliphatic carbocycles. The van der Waals surface area contributed by atoms with Crippen LogP contribution in [0.2, 0.25) is 0 Å². The molecule has 0 aliphatic rings. The number of hydrogen-bond donors (Lipinski definition) is 2. The molecule has 0 bridgehead atoms. The van der Waals surface area contributed by atoms with E-state index in [-0.39, 0.29) is 6.10 Å². The molecular weight excluding hydrogens is 260 g/mol. The van der Waals surface area contributed by atoms with Crippen LogP contribution in [0.4, 0.5) is 5.69 Å². The summed E-state index contributed by atoms with van der Waals surface area (Å²) in [6, 6.07) is 14.8. The Morgan fingerprint density at radius 2 is 1.86 bits per heavy atom. The van der Waals surface area contributed by atoms with Crippen LogP contribution in [0.25, 0.3) is 10.8 Å². The van der Waals surface area contributed by atoms with E-state index in [1.54, 1.807) is 0 Å². The van der Waals surface area contributed by atoms with E-state index in [9.17, 15) is 5.11 Å². The number of aliphatic hydroxyl groups excluding tert-OH is 1. The Kier molecular flexibility index (Phi) is 6.03. The summed E-state index contributed by atoms with van der Waals surface area (Å²) in [7, 11) is 0. The standard InChI is InChI=1S/C18H26N2O/c1-3-12-19-13-16(21)14-20(4-2)18-11-7-9-15-8-5-6-10-17(15)18/h5-11,16,19,21H,3-4,12-14H2,1-2H3. The molecule has 0 heterocycles. The van der Waals surface area contributed by atoms with Crippen molar-refractivity contribution in [1.82, 2.24) is 5.32 Å². The lowest BCUT2D eigenvalue weighted by Gasteiger charge is -2.27. The molecule has 3 nitrogen and oxygen atoms in total. The van der Waals surface area contributed by atoms with E-state index in [1.165, 1.54) is 16.5 Å². The maximum absolute atomic E-state index is 10.2. The fourth-order valence-corrected chi connectivity index (χ4v) is 2.65. The van der Waals surface area contributed by atoms with Gasteiger partial charge in [-0.25, -0.2) is 0 Å². The number of rotatable bonds is 8. The highest BCUT2D eigenvalue weighted by Gasteiger charge is 2.12. The van der Waals surface area contributed by atoms with Gasteiger partial charge in [-0.3, -0.25) is 0 Å². The third-order valence-electron chi connectivity index (χ3n) is 3.73. The van der Waals surface area contributed by atoms with Crippen LogP contribution in [0.1, 0.15) is 20.3 Å². The maximum Gasteiger partial charge on any atom is 0.0839 e. The van der Waals surface area contributed by atoms with E-state index >= 15 is 0 Å². The summed E-state index contributed by atoms with van der Waals surface area (Å²) in [6.07, 6.45) is 0.739. The van der Waals surface area contributed by atoms with Crippen molar-refractivity contribution in [2.24, 2.45) is 0 Å². The number of anilines is 1. The molecule has 1 unspecified atom stereocenters. The van der Waals surface area contributed by atoms with Crippen LogP contribution in [0.15, 0.2) is 42.5 Å². The molecule has 2 aromatic carbocycles. The summed E-state index contributed by atoms with van der Waals surface area (Å²) >= 11 is 0. The smallest absolute Gasteiger partial charge is 0.0839 e. The van der Waals surface area contributed by atoms with Gasteiger partial charge < -0.3 is 15.3 Å². The van der Waals surface area contributed by atoms with Gasteiger partial charge in [0.05, 0.1) is 6.10 Å². The summed E-state index contributed by atoms with van der Waals surface area (Å²) < 4.78 is 0. The Labute approximate surface area is 127 Å². The van der Waals surface area contributed by atoms with Crippen molar-refractivity contribution in [3.05, 3.63) is 42.5 Å². The van der Waals surface area contributed by atoms with Crippen molar-refractivity contribution in [2.75, 3.05) is 31.1 Å². The van der Waals surface area contributed by atoms with Gasteiger partial charge in [0.15, 0.2) is 0 Å². The summed E-state index contributed by atoms with van der Waals surface area (Å²) in [5.41, 5.74) is 1.20. The van der Waals surface area contributed by atoms with Crippen LogP contribution in [0.5, 0.6) is 0 Å². The highest BCUT2D eigenvalue weighted by Crippen LogP contribution is 2.26. The van der Waals surface area contributed by atoms with Crippen LogP contribution in [0.3, 0.4) is 0 Å². The number of benzene rings is 2. The molecule has 21 heavy (non-hydrogen) atoms. The molecule has 0 aliphatic heterocycles. The van der Waals surface area contributed by atoms with E-state index in [1.807, 2.05) is 0 Å². The van der Waals surface area contributed by atoms with Crippen LogP contribution in [-0.2, 0) is 0 Å². The Morgan fingerprint density at radius 1 is 1.10 bits per heavy atom. The third kappa shape index (κ3) is 4.19. The number of nitrogens with one attached hydrogen (secondary N) is 1. The van der Waals surface area contributed by atoms with Gasteiger partial charge in [-0.05, 0) is 31.3 Å². The first-order chi connectivity index (χ1) is 10.3. The molecule has 2 aromatic rings. The van der Waals surface area contributed by atoms with E-state index in [2.05, 4.69) is 66.5 Å². The molecule has 2 rings (SSSR count). The average Bonchev–Trinajstić information content (AvgIpc) is 2.52. The molecule has 3 heteroatoms. The molecule has 0 fully saturated rings. The van der Waals surface area contributed by atoms with Gasteiger partial charge >= 0.3 is 0 Å². The van der Waals surface area contributed by atoms with E-state index < -0.39 is 0 Å². The first-order valence-corrected chi connectivity index (χ1v) is 7.87. The van der Waals surface area contributed by atoms with Crippen molar-refractivity contribution >= 4 is 16.5 Å². The molecule has 0 saturated carbocycles. The van der Waals surface area contributed by atoms with E-state index in [4.69, 9.17) is 0 Å². The Morgan fingerprint density at radius 3 is 2.62 bits per heavy atom. The SMILES string of the molecule is CCCNCC(O)CN(CC)c1cccc2ccccc12. The lowest BCUT2D eigenvalue weighted by atomic mass is 10.1. The lowest BCUT2D eigenvalue weighted by Crippen LogP contribution is -2.38. The predicted molar refractivity (Wildman–Crippen MR) is 91.0 cm³/mol. The second kappa shape index (κ2) is 8.01. The second-order valence-corrected chi connectivity index (χ2v) is 5.39. The zero-order valence-corrected chi connectivity index (χ0v) is 13.0. The topological polar surface area (TPSA) is 35.5 Å². The molecule has 0 radical (unpaired) electrons. The zero-order chi connectivity index (χ0) is 15.1. The summed E-state index contributed by atoms with van der Waals surface area (Å²) in [4.78, 5) is 2.25. The number of aliphatic hydroxyl groups is 1. The highest BCUT2D eigenvalue weighted by atomic mass is 16.3. The van der Waals surface area contributed by atoms with E-state index in [0.29, 0.717) is 13.1 Å². The van der Waals surface area contributed by atoms with E-state index in [0.717, 1.165) is 19.5 Å². The first kappa shape index (κ1) is 15.8. The monoisotopic (exact) mass is 286 g/mol. The summed E-state index contributed by atoms with van der Waals surface area (Å²) in [5.74, 6) is 0. The number of nitrogens with zero attached hydrogens (tertiary/aromatic N) is 1. The highest BCUT2D eigenvalue weighted by molar-refractivity contribution is 5.94. The lowest BCUT2D eigenvalue weighted by molar-refractivity contribution is 0.177. The molecule has 2 N–H and O–H groups in total. The fraction of sp³-hybridized carbons (Fsp3) is 0.444. The molecule has 114 valence electrons. The van der Waals surface area contributed by atoms with Gasteiger partial charge in [0.1, 0.15) is 0 Å². The normalized spacial score (nSPS) is 12.5. The quantitative estimate of drug-likeness (QED) is 0.732. The molecule has 0 spiro atoms. The van der Waals surface area contributed by atoms with Crippen LogP contribution >= 0.6 is 0 Å². The largest absolute Gasteiger partial charge is 0.390 e. The molecule has 0 amide bonds. The third-order valence-corrected chi connectivity index (χ3v) is 3.73. The van der Waals surface area contributed by atoms with Crippen LogP contribution < -0.4 is 10.2 Å². The number of hydrogen-bond acceptors (Lipinski definition) is 3. The van der Waals surface area contributed by atoms with Crippen molar-refractivity contribution in [1.29, 1.82) is 0 Å². The fourth-order valence-electron chi connectivity index (χ4n) is 2.65. The van der Waals surface area contributed by atoms with Gasteiger partial charge in [0.25, 0.3) is 0 Å². The zero-order valence-electron chi connectivity index (χ0n) is 13.0. The maximum atomic E-state index is 10.2. The number of fused-ring (bicyclic) bond motifs is 1. The minimum atomic E-state index is -0.351. The molecular formula is C18H26N2O. The second-order valence-electron chi connectivity index (χ2n) is 5.39. The molecule has 0 saturated heterocycles.